The third-order valence-corrected chi connectivity index (χ3v) is 4.43. The molecule has 5 nitrogen and oxygen atoms in total. The molecule has 1 fully saturated rings. The maximum Gasteiger partial charge on any atom is 0.314 e. The molecule has 122 valence electrons. The van der Waals surface area contributed by atoms with Gasteiger partial charge in [-0.2, -0.15) is 0 Å². The summed E-state index contributed by atoms with van der Waals surface area (Å²) in [6.45, 7) is 2.38. The normalized spacial score (nSPS) is 17.0. The van der Waals surface area contributed by atoms with Crippen LogP contribution in [-0.4, -0.2) is 44.0 Å². The van der Waals surface area contributed by atoms with Gasteiger partial charge in [0.05, 0.1) is 0 Å². The molecule has 0 spiro atoms. The van der Waals surface area contributed by atoms with E-state index in [0.29, 0.717) is 32.7 Å². The molecule has 0 bridgehead atoms. The molecule has 1 aliphatic rings. The average Bonchev–Trinajstić information content (AvgIpc) is 2.54. The van der Waals surface area contributed by atoms with Crippen LogP contribution in [0.5, 0.6) is 0 Å². The van der Waals surface area contributed by atoms with Crippen molar-refractivity contribution in [2.45, 2.75) is 24.7 Å². The predicted molar refractivity (Wildman–Crippen MR) is 86.3 cm³/mol. The van der Waals surface area contributed by atoms with Gasteiger partial charge in [0.15, 0.2) is 0 Å². The van der Waals surface area contributed by atoms with Crippen molar-refractivity contribution in [2.24, 2.45) is 0 Å². The van der Waals surface area contributed by atoms with Gasteiger partial charge in [0.1, 0.15) is 0 Å². The minimum absolute atomic E-state index is 0.0706. The number of nitrogens with one attached hydrogen (secondary N) is 2. The number of halogens is 1. The number of hydrogen-bond acceptors (Lipinski definition) is 3. The smallest absolute Gasteiger partial charge is 0.314 e. The van der Waals surface area contributed by atoms with Crippen LogP contribution in [0.25, 0.3) is 0 Å². The van der Waals surface area contributed by atoms with E-state index in [4.69, 9.17) is 21.4 Å². The van der Waals surface area contributed by atoms with E-state index >= 15 is 0 Å². The van der Waals surface area contributed by atoms with Crippen molar-refractivity contribution >= 4 is 17.6 Å². The zero-order valence-corrected chi connectivity index (χ0v) is 13.4. The Morgan fingerprint density at radius 3 is 2.68 bits per heavy atom. The van der Waals surface area contributed by atoms with E-state index in [9.17, 15) is 4.79 Å². The highest BCUT2D eigenvalue weighted by Gasteiger charge is 2.36. The molecule has 0 atom stereocenters. The van der Waals surface area contributed by atoms with E-state index < -0.39 is 0 Å². The molecule has 2 rings (SSSR count). The Balaban J connectivity index is 2.04. The number of carbonyl (C=O) groups is 1. The van der Waals surface area contributed by atoms with Crippen molar-refractivity contribution in [3.63, 3.8) is 0 Å². The van der Waals surface area contributed by atoms with Crippen LogP contribution in [0.15, 0.2) is 24.3 Å². The first-order valence-electron chi connectivity index (χ1n) is 7.63. The van der Waals surface area contributed by atoms with Crippen molar-refractivity contribution in [1.82, 2.24) is 10.6 Å². The van der Waals surface area contributed by atoms with Gasteiger partial charge in [-0.1, -0.05) is 29.8 Å². The first-order chi connectivity index (χ1) is 10.7. The summed E-state index contributed by atoms with van der Waals surface area (Å²) in [6, 6.07) is 7.58. The van der Waals surface area contributed by atoms with Crippen molar-refractivity contribution in [3.8, 4) is 0 Å². The fraction of sp³-hybridized carbons (Fsp3) is 0.562. The van der Waals surface area contributed by atoms with Crippen LogP contribution in [0, 0.1) is 0 Å². The molecule has 0 saturated carbocycles. The van der Waals surface area contributed by atoms with Gasteiger partial charge in [0.2, 0.25) is 0 Å². The van der Waals surface area contributed by atoms with Crippen molar-refractivity contribution < 1.29 is 14.6 Å². The summed E-state index contributed by atoms with van der Waals surface area (Å²) in [4.78, 5) is 11.9. The fourth-order valence-electron chi connectivity index (χ4n) is 2.79. The molecule has 1 saturated heterocycles. The van der Waals surface area contributed by atoms with Gasteiger partial charge in [0, 0.05) is 43.3 Å². The van der Waals surface area contributed by atoms with Crippen LogP contribution in [0.2, 0.25) is 5.02 Å². The SMILES string of the molecule is O=C(NCCCO)NCC1(c2ccccc2Cl)CCOCC1. The van der Waals surface area contributed by atoms with E-state index in [1.807, 2.05) is 24.3 Å². The molecule has 1 aromatic carbocycles. The lowest BCUT2D eigenvalue weighted by Gasteiger charge is -2.38. The Labute approximate surface area is 136 Å². The molecule has 1 heterocycles. The van der Waals surface area contributed by atoms with Crippen LogP contribution in [-0.2, 0) is 10.2 Å². The second-order valence-electron chi connectivity index (χ2n) is 5.56. The van der Waals surface area contributed by atoms with Gasteiger partial charge < -0.3 is 20.5 Å². The zero-order chi connectivity index (χ0) is 15.8. The highest BCUT2D eigenvalue weighted by molar-refractivity contribution is 6.31. The van der Waals surface area contributed by atoms with E-state index in [2.05, 4.69) is 10.6 Å². The number of benzene rings is 1. The van der Waals surface area contributed by atoms with Crippen molar-refractivity contribution in [1.29, 1.82) is 0 Å². The Bertz CT molecular complexity index is 490. The Hall–Kier alpha value is -1.30. The predicted octanol–water partition coefficient (Wildman–Crippen LogP) is 2.07. The third-order valence-electron chi connectivity index (χ3n) is 4.10. The summed E-state index contributed by atoms with van der Waals surface area (Å²) in [5.74, 6) is 0. The molecule has 22 heavy (non-hydrogen) atoms. The standard InChI is InChI=1S/C16H23ClN2O3/c17-14-5-2-1-4-13(14)16(6-10-22-11-7-16)12-19-15(21)18-8-3-9-20/h1-2,4-5,20H,3,6-12H2,(H2,18,19,21). The molecule has 0 aliphatic carbocycles. The van der Waals surface area contributed by atoms with Gasteiger partial charge in [-0.3, -0.25) is 0 Å². The molecule has 1 aromatic rings. The summed E-state index contributed by atoms with van der Waals surface area (Å²) >= 11 is 6.37. The van der Waals surface area contributed by atoms with Crippen molar-refractivity contribution in [2.75, 3.05) is 32.9 Å². The fourth-order valence-corrected chi connectivity index (χ4v) is 3.12. The molecule has 0 aromatic heterocycles. The summed E-state index contributed by atoms with van der Waals surface area (Å²) < 4.78 is 5.47. The topological polar surface area (TPSA) is 70.6 Å². The molecule has 3 N–H and O–H groups in total. The zero-order valence-electron chi connectivity index (χ0n) is 12.6. The summed E-state index contributed by atoms with van der Waals surface area (Å²) in [6.07, 6.45) is 2.21. The van der Waals surface area contributed by atoms with Crippen molar-refractivity contribution in [3.05, 3.63) is 34.9 Å². The van der Waals surface area contributed by atoms with E-state index in [1.165, 1.54) is 0 Å². The number of amides is 2. The summed E-state index contributed by atoms with van der Waals surface area (Å²) in [5.41, 5.74) is 0.876. The van der Waals surface area contributed by atoms with Crippen LogP contribution >= 0.6 is 11.6 Å². The lowest BCUT2D eigenvalue weighted by molar-refractivity contribution is 0.0507. The maximum absolute atomic E-state index is 11.9. The first kappa shape index (κ1) is 17.1. The van der Waals surface area contributed by atoms with E-state index in [-0.39, 0.29) is 18.1 Å². The first-order valence-corrected chi connectivity index (χ1v) is 8.01. The second-order valence-corrected chi connectivity index (χ2v) is 5.97. The Morgan fingerprint density at radius 1 is 1.27 bits per heavy atom. The molecule has 0 radical (unpaired) electrons. The minimum Gasteiger partial charge on any atom is -0.396 e. The molecule has 0 unspecified atom stereocenters. The third kappa shape index (κ3) is 4.35. The van der Waals surface area contributed by atoms with E-state index in [0.717, 1.165) is 23.4 Å². The molecular weight excluding hydrogens is 304 g/mol. The Kier molecular flexibility index (Phi) is 6.49. The number of hydrogen-bond donors (Lipinski definition) is 3. The average molecular weight is 327 g/mol. The molecule has 6 heteroatoms. The van der Waals surface area contributed by atoms with E-state index in [1.54, 1.807) is 0 Å². The number of rotatable bonds is 6. The van der Waals surface area contributed by atoms with Gasteiger partial charge in [-0.05, 0) is 30.9 Å². The van der Waals surface area contributed by atoms with Crippen LogP contribution in [0.4, 0.5) is 4.79 Å². The second kappa shape index (κ2) is 8.36. The number of aliphatic hydroxyl groups excluding tert-OH is 1. The summed E-state index contributed by atoms with van der Waals surface area (Å²) in [7, 11) is 0. The quantitative estimate of drug-likeness (QED) is 0.701. The van der Waals surface area contributed by atoms with Crippen LogP contribution < -0.4 is 10.6 Å². The van der Waals surface area contributed by atoms with Gasteiger partial charge >= 0.3 is 6.03 Å². The Morgan fingerprint density at radius 2 is 2.00 bits per heavy atom. The van der Waals surface area contributed by atoms with Gasteiger partial charge in [-0.15, -0.1) is 0 Å². The molecular formula is C16H23ClN2O3. The minimum atomic E-state index is -0.216. The van der Waals surface area contributed by atoms with Gasteiger partial charge in [0.25, 0.3) is 0 Å². The number of aliphatic hydroxyl groups is 1. The highest BCUT2D eigenvalue weighted by atomic mass is 35.5. The number of urea groups is 1. The molecule has 2 amide bonds. The number of ether oxygens (including phenoxy) is 1. The van der Waals surface area contributed by atoms with Crippen LogP contribution in [0.1, 0.15) is 24.8 Å². The molecule has 1 aliphatic heterocycles. The maximum atomic E-state index is 11.9. The lowest BCUT2D eigenvalue weighted by atomic mass is 9.74. The monoisotopic (exact) mass is 326 g/mol. The summed E-state index contributed by atoms with van der Waals surface area (Å²) in [5, 5.41) is 15.1. The van der Waals surface area contributed by atoms with Crippen LogP contribution in [0.3, 0.4) is 0 Å². The largest absolute Gasteiger partial charge is 0.396 e. The number of carbonyl (C=O) groups excluding carboxylic acids is 1. The lowest BCUT2D eigenvalue weighted by Crippen LogP contribution is -2.47. The highest BCUT2D eigenvalue weighted by Crippen LogP contribution is 2.38. The van der Waals surface area contributed by atoms with Gasteiger partial charge in [-0.25, -0.2) is 4.79 Å².